The van der Waals surface area contributed by atoms with Crippen LogP contribution >= 0.6 is 0 Å². The molecule has 16 heteroatoms. The molecule has 0 aliphatic rings. The number of hydrogen-bond donors (Lipinski definition) is 5. The summed E-state index contributed by atoms with van der Waals surface area (Å²) in [6, 6.07) is 23.3. The molecule has 58 heavy (non-hydrogen) atoms. The smallest absolute Gasteiger partial charge is 0.323 e. The molecule has 5 rings (SSSR count). The van der Waals surface area contributed by atoms with Gasteiger partial charge in [-0.3, -0.25) is 0 Å². The van der Waals surface area contributed by atoms with Crippen LogP contribution in [-0.2, 0) is 37.1 Å². The SMILES string of the molecule is COCCOCCOCCOc1cc(Nc2cc(Oc3ccc(NC(=O)Nc4cc(C(C)(C)C)cc(CN[SH](=O)=O)c4OC)c4ccccc34)ccn2)cc(OC)c1. The molecule has 0 spiro atoms. The van der Waals surface area contributed by atoms with Crippen molar-refractivity contribution in [2.24, 2.45) is 0 Å². The van der Waals surface area contributed by atoms with E-state index >= 15 is 0 Å². The summed E-state index contributed by atoms with van der Waals surface area (Å²) in [7, 11) is 1.85. The summed E-state index contributed by atoms with van der Waals surface area (Å²) in [6.07, 6.45) is 1.64. The molecule has 0 radical (unpaired) electrons. The molecule has 15 nitrogen and oxygen atoms in total. The van der Waals surface area contributed by atoms with Gasteiger partial charge in [0.1, 0.15) is 41.2 Å². The maximum Gasteiger partial charge on any atom is 0.323 e. The maximum atomic E-state index is 13.5. The Morgan fingerprint density at radius 2 is 1.43 bits per heavy atom. The van der Waals surface area contributed by atoms with Gasteiger partial charge in [-0.1, -0.05) is 51.1 Å². The van der Waals surface area contributed by atoms with Crippen molar-refractivity contribution in [3.05, 3.63) is 96.2 Å². The van der Waals surface area contributed by atoms with Gasteiger partial charge in [0, 0.05) is 66.1 Å². The highest BCUT2D eigenvalue weighted by molar-refractivity contribution is 7.70. The van der Waals surface area contributed by atoms with Gasteiger partial charge >= 0.3 is 6.03 Å². The standard InChI is InChI=1S/C42H51N5O10S/c1-42(2,3)29-21-28(27-44-58(49)50)40(53-6)37(22-29)47-41(48)46-36-11-12-38(35-10-8-7-9-34(35)36)57-31-13-14-43-39(26-31)45-30-23-32(52-5)25-33(24-30)56-20-19-55-18-17-54-16-15-51-4/h7-14,21-26,58H,15-20,27H2,1-6H3,(H,43,45)(H,44,49,50)(H2,46,47,48). The fraction of sp³-hybridized carbons (Fsp3) is 0.333. The number of urea groups is 1. The molecule has 0 aliphatic carbocycles. The number of nitrogens with zero attached hydrogens (tertiary/aromatic N) is 1. The third-order valence-corrected chi connectivity index (χ3v) is 9.08. The third kappa shape index (κ3) is 12.7. The van der Waals surface area contributed by atoms with Crippen LogP contribution in [0.3, 0.4) is 0 Å². The number of rotatable bonds is 21. The van der Waals surface area contributed by atoms with E-state index in [1.165, 1.54) is 7.11 Å². The summed E-state index contributed by atoms with van der Waals surface area (Å²) in [5.41, 5.74) is 2.82. The minimum absolute atomic E-state index is 0.00434. The molecule has 0 fully saturated rings. The van der Waals surface area contributed by atoms with Gasteiger partial charge in [-0.2, -0.15) is 0 Å². The number of carbonyl (C=O) groups is 1. The average molecular weight is 818 g/mol. The van der Waals surface area contributed by atoms with Crippen LogP contribution in [-0.4, -0.2) is 80.4 Å². The van der Waals surface area contributed by atoms with Crippen LogP contribution in [0.5, 0.6) is 28.7 Å². The van der Waals surface area contributed by atoms with Crippen molar-refractivity contribution in [2.45, 2.75) is 32.7 Å². The van der Waals surface area contributed by atoms with Crippen LogP contribution in [0.25, 0.3) is 10.8 Å². The molecule has 0 bridgehead atoms. The number of aromatic nitrogens is 1. The van der Waals surface area contributed by atoms with Crippen LogP contribution in [0.2, 0.25) is 0 Å². The Hall–Kier alpha value is -5.65. The highest BCUT2D eigenvalue weighted by atomic mass is 32.2. The Balaban J connectivity index is 1.27. The first-order valence-electron chi connectivity index (χ1n) is 18.5. The van der Waals surface area contributed by atoms with Gasteiger partial charge in [-0.15, -0.1) is 0 Å². The minimum Gasteiger partial charge on any atom is -0.497 e. The second-order valence-electron chi connectivity index (χ2n) is 13.9. The van der Waals surface area contributed by atoms with E-state index in [1.54, 1.807) is 50.7 Å². The van der Waals surface area contributed by atoms with Crippen LogP contribution in [0.15, 0.2) is 85.1 Å². The number of methoxy groups -OCH3 is 3. The van der Waals surface area contributed by atoms with E-state index in [9.17, 15) is 13.2 Å². The Morgan fingerprint density at radius 1 is 0.724 bits per heavy atom. The Labute approximate surface area is 340 Å². The number of thiol groups is 1. The van der Waals surface area contributed by atoms with Gasteiger partial charge in [0.15, 0.2) is 0 Å². The quantitative estimate of drug-likeness (QED) is 0.0367. The lowest BCUT2D eigenvalue weighted by molar-refractivity contribution is 0.0179. The fourth-order valence-electron chi connectivity index (χ4n) is 5.83. The van der Waals surface area contributed by atoms with Gasteiger partial charge in [0.2, 0.25) is 10.9 Å². The summed E-state index contributed by atoms with van der Waals surface area (Å²) in [5.74, 6) is 3.17. The monoisotopic (exact) mass is 817 g/mol. The van der Waals surface area contributed by atoms with Crippen molar-refractivity contribution >= 4 is 50.6 Å². The highest BCUT2D eigenvalue weighted by Crippen LogP contribution is 2.38. The first-order valence-corrected chi connectivity index (χ1v) is 19.7. The molecule has 0 unspecified atom stereocenters. The van der Waals surface area contributed by atoms with Gasteiger partial charge in [-0.25, -0.2) is 22.9 Å². The van der Waals surface area contributed by atoms with E-state index in [2.05, 4.69) is 25.7 Å². The number of hydrogen-bond acceptors (Lipinski definition) is 12. The predicted octanol–water partition coefficient (Wildman–Crippen LogP) is 7.40. The minimum atomic E-state index is -2.83. The van der Waals surface area contributed by atoms with Gasteiger partial charge < -0.3 is 49.1 Å². The lowest BCUT2D eigenvalue weighted by Gasteiger charge is -2.24. The van der Waals surface area contributed by atoms with Gasteiger partial charge in [0.05, 0.1) is 58.6 Å². The molecule has 1 aromatic heterocycles. The second-order valence-corrected chi connectivity index (χ2v) is 14.7. The zero-order valence-electron chi connectivity index (χ0n) is 33.5. The molecular formula is C42H51N5O10S. The highest BCUT2D eigenvalue weighted by Gasteiger charge is 2.21. The lowest BCUT2D eigenvalue weighted by atomic mass is 9.85. The van der Waals surface area contributed by atoms with Crippen molar-refractivity contribution < 1.29 is 46.4 Å². The zero-order chi connectivity index (χ0) is 41.5. The van der Waals surface area contributed by atoms with Crippen LogP contribution < -0.4 is 39.6 Å². The molecule has 0 aliphatic heterocycles. The summed E-state index contributed by atoms with van der Waals surface area (Å²) in [4.78, 5) is 18.0. The number of anilines is 4. The number of carbonyl (C=O) groups excluding carboxylic acids is 1. The molecule has 5 aromatic rings. The number of fused-ring (bicyclic) bond motifs is 1. The van der Waals surface area contributed by atoms with Crippen LogP contribution in [0.4, 0.5) is 27.7 Å². The Bertz CT molecular complexity index is 2220. The van der Waals surface area contributed by atoms with E-state index in [-0.39, 0.29) is 12.0 Å². The summed E-state index contributed by atoms with van der Waals surface area (Å²) in [6.45, 7) is 8.82. The van der Waals surface area contributed by atoms with E-state index < -0.39 is 16.9 Å². The normalized spacial score (nSPS) is 11.4. The van der Waals surface area contributed by atoms with Crippen LogP contribution in [0, 0.1) is 0 Å². The first kappa shape index (κ1) is 43.5. The average Bonchev–Trinajstić information content (AvgIpc) is 3.20. The van der Waals surface area contributed by atoms with Gasteiger partial charge in [0.25, 0.3) is 0 Å². The molecule has 310 valence electrons. The topological polar surface area (TPSA) is 177 Å². The summed E-state index contributed by atoms with van der Waals surface area (Å²) >= 11 is 0. The van der Waals surface area contributed by atoms with Crippen molar-refractivity contribution in [1.82, 2.24) is 9.71 Å². The summed E-state index contributed by atoms with van der Waals surface area (Å²) < 4.78 is 64.4. The largest absolute Gasteiger partial charge is 0.497 e. The Kier molecular flexibility index (Phi) is 15.9. The molecule has 0 saturated carbocycles. The number of ether oxygens (including phenoxy) is 7. The second kappa shape index (κ2) is 21.2. The number of benzene rings is 4. The van der Waals surface area contributed by atoms with E-state index in [4.69, 9.17) is 33.2 Å². The molecule has 4 aromatic carbocycles. The first-order chi connectivity index (χ1) is 28.0. The lowest BCUT2D eigenvalue weighted by Crippen LogP contribution is -2.22. The van der Waals surface area contributed by atoms with Crippen LogP contribution in [0.1, 0.15) is 31.9 Å². The van der Waals surface area contributed by atoms with Crippen molar-refractivity contribution in [3.63, 3.8) is 0 Å². The number of pyridine rings is 1. The van der Waals surface area contributed by atoms with Crippen molar-refractivity contribution in [1.29, 1.82) is 0 Å². The fourth-order valence-corrected chi connectivity index (χ4v) is 6.13. The van der Waals surface area contributed by atoms with Gasteiger partial charge in [-0.05, 0) is 35.2 Å². The van der Waals surface area contributed by atoms with E-state index in [0.29, 0.717) is 96.8 Å². The van der Waals surface area contributed by atoms with Crippen molar-refractivity contribution in [3.8, 4) is 28.7 Å². The Morgan fingerprint density at radius 3 is 2.14 bits per heavy atom. The van der Waals surface area contributed by atoms with E-state index in [0.717, 1.165) is 16.3 Å². The maximum absolute atomic E-state index is 13.5. The van der Waals surface area contributed by atoms with Crippen molar-refractivity contribution in [2.75, 3.05) is 76.9 Å². The predicted molar refractivity (Wildman–Crippen MR) is 225 cm³/mol. The van der Waals surface area contributed by atoms with E-state index in [1.807, 2.05) is 69.3 Å². The zero-order valence-corrected chi connectivity index (χ0v) is 34.4. The summed E-state index contributed by atoms with van der Waals surface area (Å²) in [5, 5.41) is 10.7. The number of amides is 2. The molecule has 0 saturated heterocycles. The third-order valence-electron chi connectivity index (χ3n) is 8.66. The molecule has 4 N–H and O–H groups in total. The molecule has 0 atom stereocenters. The molecular weight excluding hydrogens is 767 g/mol. The number of nitrogens with one attached hydrogen (secondary N) is 4. The molecule has 1 heterocycles. The molecule has 2 amide bonds.